The Balaban J connectivity index is 1.96. The van der Waals surface area contributed by atoms with Crippen LogP contribution in [-0.4, -0.2) is 54.4 Å². The number of carbonyl (C=O) groups is 2. The zero-order valence-electron chi connectivity index (χ0n) is 14.9. The first-order chi connectivity index (χ1) is 12.0. The molecule has 0 fully saturated rings. The van der Waals surface area contributed by atoms with Crippen LogP contribution in [0.3, 0.4) is 0 Å². The smallest absolute Gasteiger partial charge is 0.262 e. The summed E-state index contributed by atoms with van der Waals surface area (Å²) in [5.74, 6) is 0.612. The highest BCUT2D eigenvalue weighted by molar-refractivity contribution is 8.15. The van der Waals surface area contributed by atoms with Crippen LogP contribution in [0.25, 0.3) is 0 Å². The molecule has 1 N–H and O–H groups in total. The number of nitrogens with one attached hydrogen (secondary N) is 1. The number of amides is 2. The monoisotopic (exact) mass is 365 g/mol. The van der Waals surface area contributed by atoms with Crippen molar-refractivity contribution < 1.29 is 19.1 Å². The van der Waals surface area contributed by atoms with E-state index in [2.05, 4.69) is 10.3 Å². The summed E-state index contributed by atoms with van der Waals surface area (Å²) in [6.45, 7) is 5.57. The van der Waals surface area contributed by atoms with E-state index in [4.69, 9.17) is 9.47 Å². The van der Waals surface area contributed by atoms with Gasteiger partial charge in [0.15, 0.2) is 16.7 Å². The maximum atomic E-state index is 12.3. The van der Waals surface area contributed by atoms with Gasteiger partial charge in [-0.25, -0.2) is 0 Å². The van der Waals surface area contributed by atoms with Crippen molar-refractivity contribution in [3.8, 4) is 11.5 Å². The van der Waals surface area contributed by atoms with Gasteiger partial charge in [0, 0.05) is 31.3 Å². The summed E-state index contributed by atoms with van der Waals surface area (Å²) in [6, 6.07) is 5.12. The molecule has 8 heteroatoms. The van der Waals surface area contributed by atoms with Crippen LogP contribution < -0.4 is 14.8 Å². The first kappa shape index (κ1) is 19.1. The summed E-state index contributed by atoms with van der Waals surface area (Å²) in [6.07, 6.45) is 0.0755. The topological polar surface area (TPSA) is 80.2 Å². The highest BCUT2D eigenvalue weighted by Crippen LogP contribution is 2.31. The van der Waals surface area contributed by atoms with Gasteiger partial charge in [-0.05, 0) is 26.0 Å². The molecule has 1 aromatic carbocycles. The van der Waals surface area contributed by atoms with E-state index < -0.39 is 5.25 Å². The summed E-state index contributed by atoms with van der Waals surface area (Å²) >= 11 is 1.35. The Morgan fingerprint density at radius 3 is 2.52 bits per heavy atom. The van der Waals surface area contributed by atoms with Crippen molar-refractivity contribution in [2.75, 3.05) is 32.6 Å². The molecule has 1 aliphatic heterocycles. The summed E-state index contributed by atoms with van der Waals surface area (Å²) in [4.78, 5) is 30.4. The van der Waals surface area contributed by atoms with E-state index in [0.717, 1.165) is 13.1 Å². The van der Waals surface area contributed by atoms with Crippen LogP contribution >= 0.6 is 11.8 Å². The lowest BCUT2D eigenvalue weighted by Crippen LogP contribution is -2.27. The third kappa shape index (κ3) is 4.66. The van der Waals surface area contributed by atoms with E-state index in [9.17, 15) is 9.59 Å². The van der Waals surface area contributed by atoms with Gasteiger partial charge in [0.2, 0.25) is 5.91 Å². The van der Waals surface area contributed by atoms with E-state index in [-0.39, 0.29) is 18.2 Å². The fourth-order valence-electron chi connectivity index (χ4n) is 2.43. The zero-order valence-corrected chi connectivity index (χ0v) is 15.7. The second-order valence-corrected chi connectivity index (χ2v) is 6.50. The van der Waals surface area contributed by atoms with Gasteiger partial charge in [-0.3, -0.25) is 9.59 Å². The van der Waals surface area contributed by atoms with E-state index in [1.54, 1.807) is 25.3 Å². The highest BCUT2D eigenvalue weighted by atomic mass is 32.2. The lowest BCUT2D eigenvalue weighted by atomic mass is 10.2. The molecule has 0 unspecified atom stereocenters. The number of anilines is 1. The highest BCUT2D eigenvalue weighted by Gasteiger charge is 2.32. The number of hydrogen-bond acceptors (Lipinski definition) is 6. The van der Waals surface area contributed by atoms with Gasteiger partial charge in [-0.1, -0.05) is 11.8 Å². The molecular weight excluding hydrogens is 342 g/mol. The Morgan fingerprint density at radius 1 is 1.24 bits per heavy atom. The Hall–Kier alpha value is -2.22. The Morgan fingerprint density at radius 2 is 1.92 bits per heavy atom. The van der Waals surface area contributed by atoms with Crippen LogP contribution in [0, 0.1) is 0 Å². The molecule has 7 nitrogen and oxygen atoms in total. The Bertz CT molecular complexity index is 674. The first-order valence-corrected chi connectivity index (χ1v) is 8.96. The quantitative estimate of drug-likeness (QED) is 0.799. The molecule has 0 aromatic heterocycles. The fraction of sp³-hybridized carbons (Fsp3) is 0.471. The minimum absolute atomic E-state index is 0.0755. The van der Waals surface area contributed by atoms with Crippen LogP contribution in [-0.2, 0) is 9.59 Å². The van der Waals surface area contributed by atoms with E-state index in [1.807, 2.05) is 18.7 Å². The number of aliphatic imine (C=N–C) groups is 1. The van der Waals surface area contributed by atoms with Crippen molar-refractivity contribution in [3.05, 3.63) is 18.2 Å². The van der Waals surface area contributed by atoms with Gasteiger partial charge < -0.3 is 19.7 Å². The molecule has 0 bridgehead atoms. The van der Waals surface area contributed by atoms with Gasteiger partial charge in [0.25, 0.3) is 5.91 Å². The van der Waals surface area contributed by atoms with Gasteiger partial charge >= 0.3 is 0 Å². The Kier molecular flexibility index (Phi) is 6.69. The molecule has 136 valence electrons. The van der Waals surface area contributed by atoms with E-state index in [1.165, 1.54) is 18.9 Å². The predicted molar refractivity (Wildman–Crippen MR) is 99.5 cm³/mol. The minimum Gasteiger partial charge on any atom is -0.493 e. The molecule has 2 rings (SSSR count). The average Bonchev–Trinajstić information content (AvgIpc) is 2.96. The largest absolute Gasteiger partial charge is 0.493 e. The SMILES string of the molecule is CCN(CC)C1=NC(=O)[C@@H](CC(=O)Nc2ccc(OC)c(OC)c2)S1. The third-order valence-corrected chi connectivity index (χ3v) is 5.01. The molecule has 0 spiro atoms. The number of methoxy groups -OCH3 is 2. The maximum absolute atomic E-state index is 12.3. The lowest BCUT2D eigenvalue weighted by Gasteiger charge is -2.19. The lowest BCUT2D eigenvalue weighted by molar-refractivity contribution is -0.121. The molecule has 1 aliphatic rings. The normalized spacial score (nSPS) is 16.4. The molecule has 1 heterocycles. The van der Waals surface area contributed by atoms with Crippen molar-refractivity contribution >= 4 is 34.4 Å². The maximum Gasteiger partial charge on any atom is 0.262 e. The second-order valence-electron chi connectivity index (χ2n) is 5.33. The summed E-state index contributed by atoms with van der Waals surface area (Å²) in [5.41, 5.74) is 0.586. The molecule has 25 heavy (non-hydrogen) atoms. The standard InChI is InChI=1S/C17H23N3O4S/c1-5-20(6-2)17-19-16(22)14(25-17)10-15(21)18-11-7-8-12(23-3)13(9-11)24-4/h7-9,14H,5-6,10H2,1-4H3,(H,18,21)/t14-/m1/s1. The van der Waals surface area contributed by atoms with Crippen molar-refractivity contribution in [1.29, 1.82) is 0 Å². The van der Waals surface area contributed by atoms with Gasteiger partial charge in [-0.2, -0.15) is 4.99 Å². The second kappa shape index (κ2) is 8.75. The van der Waals surface area contributed by atoms with Gasteiger partial charge in [0.05, 0.1) is 14.2 Å². The molecule has 0 aliphatic carbocycles. The summed E-state index contributed by atoms with van der Waals surface area (Å²) < 4.78 is 10.4. The van der Waals surface area contributed by atoms with Crippen LogP contribution in [0.2, 0.25) is 0 Å². The number of thioether (sulfide) groups is 1. The Labute approximate surface area is 151 Å². The van der Waals surface area contributed by atoms with Crippen LogP contribution in [0.4, 0.5) is 5.69 Å². The molecular formula is C17H23N3O4S. The van der Waals surface area contributed by atoms with Gasteiger partial charge in [0.1, 0.15) is 5.25 Å². The van der Waals surface area contributed by atoms with E-state index >= 15 is 0 Å². The van der Waals surface area contributed by atoms with Gasteiger partial charge in [-0.15, -0.1) is 0 Å². The van der Waals surface area contributed by atoms with Crippen LogP contribution in [0.5, 0.6) is 11.5 Å². The number of carbonyl (C=O) groups excluding carboxylic acids is 2. The first-order valence-electron chi connectivity index (χ1n) is 8.08. The molecule has 0 radical (unpaired) electrons. The molecule has 1 atom stereocenters. The minimum atomic E-state index is -0.476. The number of hydrogen-bond donors (Lipinski definition) is 1. The molecule has 1 aromatic rings. The molecule has 2 amide bonds. The van der Waals surface area contributed by atoms with Crippen LogP contribution in [0.1, 0.15) is 20.3 Å². The predicted octanol–water partition coefficient (Wildman–Crippen LogP) is 2.37. The van der Waals surface area contributed by atoms with Crippen LogP contribution in [0.15, 0.2) is 23.2 Å². The molecule has 0 saturated carbocycles. The van der Waals surface area contributed by atoms with Crippen molar-refractivity contribution in [2.45, 2.75) is 25.5 Å². The van der Waals surface area contributed by atoms with Crippen molar-refractivity contribution in [3.63, 3.8) is 0 Å². The van der Waals surface area contributed by atoms with E-state index in [0.29, 0.717) is 22.4 Å². The summed E-state index contributed by atoms with van der Waals surface area (Å²) in [7, 11) is 3.08. The zero-order chi connectivity index (χ0) is 18.4. The number of benzene rings is 1. The average molecular weight is 365 g/mol. The number of nitrogens with zero attached hydrogens (tertiary/aromatic N) is 2. The number of ether oxygens (including phenoxy) is 2. The van der Waals surface area contributed by atoms with Crippen molar-refractivity contribution in [1.82, 2.24) is 4.90 Å². The fourth-order valence-corrected chi connectivity index (χ4v) is 3.63. The van der Waals surface area contributed by atoms with Crippen molar-refractivity contribution in [2.24, 2.45) is 4.99 Å². The summed E-state index contributed by atoms with van der Waals surface area (Å²) in [5, 5.41) is 3.00. The number of rotatable bonds is 7. The molecule has 0 saturated heterocycles. The number of amidine groups is 1. The third-order valence-electron chi connectivity index (χ3n) is 3.80.